The van der Waals surface area contributed by atoms with Crippen LogP contribution in [-0.2, 0) is 5.75 Å². The van der Waals surface area contributed by atoms with E-state index in [0.717, 1.165) is 35.2 Å². The Labute approximate surface area is 193 Å². The van der Waals surface area contributed by atoms with Gasteiger partial charge in [0.05, 0.1) is 17.1 Å². The lowest BCUT2D eigenvalue weighted by Crippen LogP contribution is -2.16. The summed E-state index contributed by atoms with van der Waals surface area (Å²) in [5, 5.41) is 11.1. The van der Waals surface area contributed by atoms with Crippen molar-refractivity contribution < 1.29 is 13.6 Å². The standard InChI is InChI=1S/C23H20F2N6OS/c1-13-4-7-17(8-5-13)31-20(12-33-23-26-14(2)10-15(3)27-23)21(29-30-31)22(32)28-19-11-16(24)6-9-18(19)25/h4-11H,12H2,1-3H3,(H,28,32). The Morgan fingerprint density at radius 1 is 1.00 bits per heavy atom. The number of anilines is 1. The molecule has 0 saturated heterocycles. The summed E-state index contributed by atoms with van der Waals surface area (Å²) in [4.78, 5) is 21.8. The zero-order valence-electron chi connectivity index (χ0n) is 18.1. The third-order valence-electron chi connectivity index (χ3n) is 4.73. The average Bonchev–Trinajstić information content (AvgIpc) is 3.19. The van der Waals surface area contributed by atoms with Crippen LogP contribution >= 0.6 is 11.8 Å². The minimum Gasteiger partial charge on any atom is -0.318 e. The van der Waals surface area contributed by atoms with Crippen LogP contribution in [0.25, 0.3) is 5.69 Å². The molecule has 0 aliphatic rings. The van der Waals surface area contributed by atoms with Gasteiger partial charge in [0, 0.05) is 23.2 Å². The lowest BCUT2D eigenvalue weighted by molar-refractivity contribution is 0.102. The Hall–Kier alpha value is -3.66. The summed E-state index contributed by atoms with van der Waals surface area (Å²) in [5.74, 6) is -1.85. The molecule has 0 fully saturated rings. The third kappa shape index (κ3) is 5.23. The number of halogens is 2. The first-order valence-electron chi connectivity index (χ1n) is 10.0. The molecule has 0 aliphatic carbocycles. The largest absolute Gasteiger partial charge is 0.318 e. The van der Waals surface area contributed by atoms with Crippen LogP contribution in [0.2, 0.25) is 0 Å². The van der Waals surface area contributed by atoms with E-state index in [1.54, 1.807) is 4.68 Å². The lowest BCUT2D eigenvalue weighted by Gasteiger charge is -2.09. The summed E-state index contributed by atoms with van der Waals surface area (Å²) in [6.45, 7) is 5.72. The summed E-state index contributed by atoms with van der Waals surface area (Å²) >= 11 is 1.32. The van der Waals surface area contributed by atoms with Gasteiger partial charge in [0.15, 0.2) is 10.9 Å². The van der Waals surface area contributed by atoms with Crippen molar-refractivity contribution in [3.63, 3.8) is 0 Å². The quantitative estimate of drug-likeness (QED) is 0.324. The molecule has 0 unspecified atom stereocenters. The number of nitrogens with zero attached hydrogens (tertiary/aromatic N) is 5. The highest BCUT2D eigenvalue weighted by Gasteiger charge is 2.22. The molecule has 2 aromatic carbocycles. The Balaban J connectivity index is 1.69. The lowest BCUT2D eigenvalue weighted by atomic mass is 10.2. The number of hydrogen-bond donors (Lipinski definition) is 1. The molecule has 4 rings (SSSR count). The summed E-state index contributed by atoms with van der Waals surface area (Å²) < 4.78 is 29.1. The van der Waals surface area contributed by atoms with E-state index in [9.17, 15) is 13.6 Å². The minimum atomic E-state index is -0.754. The molecule has 2 heterocycles. The van der Waals surface area contributed by atoms with Gasteiger partial charge in [-0.3, -0.25) is 4.79 Å². The minimum absolute atomic E-state index is 0.00360. The second kappa shape index (κ2) is 9.45. The van der Waals surface area contributed by atoms with Gasteiger partial charge in [-0.25, -0.2) is 23.4 Å². The third-order valence-corrected chi connectivity index (χ3v) is 5.59. The number of amides is 1. The molecule has 0 aliphatic heterocycles. The number of thioether (sulfide) groups is 1. The van der Waals surface area contributed by atoms with E-state index >= 15 is 0 Å². The van der Waals surface area contributed by atoms with Gasteiger partial charge in [0.2, 0.25) is 0 Å². The van der Waals surface area contributed by atoms with Gasteiger partial charge >= 0.3 is 0 Å². The predicted octanol–water partition coefficient (Wildman–Crippen LogP) is 4.81. The van der Waals surface area contributed by atoms with E-state index < -0.39 is 17.5 Å². The van der Waals surface area contributed by atoms with E-state index in [1.165, 1.54) is 11.8 Å². The van der Waals surface area contributed by atoms with Gasteiger partial charge in [0.1, 0.15) is 11.6 Å². The Bertz CT molecular complexity index is 1300. The first kappa shape index (κ1) is 22.5. The number of rotatable bonds is 6. The molecular formula is C23H20F2N6OS. The maximum atomic E-state index is 14.1. The van der Waals surface area contributed by atoms with E-state index in [4.69, 9.17) is 0 Å². The maximum absolute atomic E-state index is 14.1. The van der Waals surface area contributed by atoms with E-state index in [1.807, 2.05) is 51.1 Å². The van der Waals surface area contributed by atoms with Gasteiger partial charge in [-0.15, -0.1) is 5.10 Å². The molecule has 7 nitrogen and oxygen atoms in total. The van der Waals surface area contributed by atoms with E-state index in [-0.39, 0.29) is 17.1 Å². The molecular weight excluding hydrogens is 446 g/mol. The van der Waals surface area contributed by atoms with Crippen molar-refractivity contribution in [2.75, 3.05) is 5.32 Å². The highest BCUT2D eigenvalue weighted by Crippen LogP contribution is 2.25. The average molecular weight is 467 g/mol. The fourth-order valence-corrected chi connectivity index (χ4v) is 4.11. The van der Waals surface area contributed by atoms with Gasteiger partial charge < -0.3 is 5.32 Å². The van der Waals surface area contributed by atoms with Crippen molar-refractivity contribution in [3.05, 3.63) is 88.5 Å². The summed E-state index contributed by atoms with van der Waals surface area (Å²) in [6, 6.07) is 12.3. The van der Waals surface area contributed by atoms with Gasteiger partial charge in [0.25, 0.3) is 5.91 Å². The first-order valence-corrected chi connectivity index (χ1v) is 11.0. The molecule has 168 valence electrons. The zero-order chi connectivity index (χ0) is 23.5. The van der Waals surface area contributed by atoms with Crippen LogP contribution in [-0.4, -0.2) is 30.9 Å². The van der Waals surface area contributed by atoms with Crippen LogP contribution in [0, 0.1) is 32.4 Å². The topological polar surface area (TPSA) is 85.6 Å². The fourth-order valence-electron chi connectivity index (χ4n) is 3.17. The van der Waals surface area contributed by atoms with Crippen LogP contribution in [0.15, 0.2) is 53.7 Å². The van der Waals surface area contributed by atoms with Crippen molar-refractivity contribution in [3.8, 4) is 5.69 Å². The monoisotopic (exact) mass is 466 g/mol. The summed E-state index contributed by atoms with van der Waals surface area (Å²) in [5.41, 5.74) is 3.63. The molecule has 1 N–H and O–H groups in total. The first-order chi connectivity index (χ1) is 15.8. The molecule has 10 heteroatoms. The normalized spacial score (nSPS) is 10.9. The number of benzene rings is 2. The number of hydrogen-bond acceptors (Lipinski definition) is 6. The van der Waals surface area contributed by atoms with Crippen LogP contribution in [0.5, 0.6) is 0 Å². The van der Waals surface area contributed by atoms with Crippen molar-refractivity contribution >= 4 is 23.4 Å². The van der Waals surface area contributed by atoms with Crippen LogP contribution < -0.4 is 5.32 Å². The molecule has 0 atom stereocenters. The molecule has 0 radical (unpaired) electrons. The van der Waals surface area contributed by atoms with Gasteiger partial charge in [-0.2, -0.15) is 0 Å². The predicted molar refractivity (Wildman–Crippen MR) is 121 cm³/mol. The van der Waals surface area contributed by atoms with Crippen molar-refractivity contribution in [2.24, 2.45) is 0 Å². The summed E-state index contributed by atoms with van der Waals surface area (Å²) in [7, 11) is 0. The van der Waals surface area contributed by atoms with Crippen molar-refractivity contribution in [1.29, 1.82) is 0 Å². The second-order valence-electron chi connectivity index (χ2n) is 7.43. The number of aromatic nitrogens is 5. The van der Waals surface area contributed by atoms with E-state index in [2.05, 4.69) is 25.6 Å². The molecule has 2 aromatic heterocycles. The summed E-state index contributed by atoms with van der Waals surface area (Å²) in [6.07, 6.45) is 0. The van der Waals surface area contributed by atoms with Crippen LogP contribution in [0.4, 0.5) is 14.5 Å². The van der Waals surface area contributed by atoms with Crippen molar-refractivity contribution in [1.82, 2.24) is 25.0 Å². The smallest absolute Gasteiger partial charge is 0.278 e. The SMILES string of the molecule is Cc1ccc(-n2nnc(C(=O)Nc3cc(F)ccc3F)c2CSc2nc(C)cc(C)n2)cc1. The second-order valence-corrected chi connectivity index (χ2v) is 8.37. The van der Waals surface area contributed by atoms with Crippen molar-refractivity contribution in [2.45, 2.75) is 31.7 Å². The highest BCUT2D eigenvalue weighted by atomic mass is 32.2. The van der Waals surface area contributed by atoms with Gasteiger partial charge in [-0.05, 0) is 51.1 Å². The van der Waals surface area contributed by atoms with Crippen LogP contribution in [0.3, 0.4) is 0 Å². The maximum Gasteiger partial charge on any atom is 0.278 e. The van der Waals surface area contributed by atoms with Crippen LogP contribution in [0.1, 0.15) is 33.1 Å². The van der Waals surface area contributed by atoms with E-state index in [0.29, 0.717) is 16.5 Å². The molecule has 33 heavy (non-hydrogen) atoms. The molecule has 4 aromatic rings. The Morgan fingerprint density at radius 3 is 2.39 bits per heavy atom. The molecule has 0 spiro atoms. The number of carbonyl (C=O) groups excluding carboxylic acids is 1. The molecule has 0 saturated carbocycles. The fraction of sp³-hybridized carbons (Fsp3) is 0.174. The Morgan fingerprint density at radius 2 is 1.70 bits per heavy atom. The molecule has 1 amide bonds. The number of aryl methyl sites for hydroxylation is 3. The highest BCUT2D eigenvalue weighted by molar-refractivity contribution is 7.98. The number of carbonyl (C=O) groups is 1. The zero-order valence-corrected chi connectivity index (χ0v) is 19.0. The number of nitrogens with one attached hydrogen (secondary N) is 1. The molecule has 0 bridgehead atoms. The van der Waals surface area contributed by atoms with Gasteiger partial charge in [-0.1, -0.05) is 34.7 Å². The Kier molecular flexibility index (Phi) is 6.45.